The van der Waals surface area contributed by atoms with Crippen molar-refractivity contribution in [2.75, 3.05) is 33.9 Å². The maximum absolute atomic E-state index is 9.93. The number of likely N-dealkylation sites (tertiary alicyclic amines) is 1. The van der Waals surface area contributed by atoms with Gasteiger partial charge in [-0.3, -0.25) is 4.90 Å². The molecule has 1 aliphatic heterocycles. The van der Waals surface area contributed by atoms with Gasteiger partial charge in [0, 0.05) is 13.1 Å². The fourth-order valence-electron chi connectivity index (χ4n) is 4.16. The van der Waals surface area contributed by atoms with E-state index in [-0.39, 0.29) is 11.8 Å². The summed E-state index contributed by atoms with van der Waals surface area (Å²) in [5.74, 6) is 1.51. The van der Waals surface area contributed by atoms with Crippen LogP contribution in [0, 0.1) is 0 Å². The maximum atomic E-state index is 9.93. The molecule has 3 rings (SSSR count). The molecule has 1 saturated heterocycles. The van der Waals surface area contributed by atoms with Gasteiger partial charge in [0.15, 0.2) is 11.5 Å². The Hall–Kier alpha value is -1.30. The summed E-state index contributed by atoms with van der Waals surface area (Å²) in [7, 11) is 3.31. The molecule has 5 nitrogen and oxygen atoms in total. The number of aliphatic hydroxyl groups excluding tert-OH is 1. The van der Waals surface area contributed by atoms with Gasteiger partial charge in [0.25, 0.3) is 0 Å². The number of ether oxygens (including phenoxy) is 3. The lowest BCUT2D eigenvalue weighted by molar-refractivity contribution is -0.170. The van der Waals surface area contributed by atoms with Crippen LogP contribution in [-0.4, -0.2) is 55.8 Å². The highest BCUT2D eigenvalue weighted by atomic mass is 16.5. The Morgan fingerprint density at radius 3 is 2.52 bits per heavy atom. The minimum absolute atomic E-state index is 0.174. The molecule has 0 spiro atoms. The van der Waals surface area contributed by atoms with E-state index in [4.69, 9.17) is 14.2 Å². The van der Waals surface area contributed by atoms with Gasteiger partial charge in [-0.05, 0) is 56.2 Å². The normalized spacial score (nSPS) is 23.6. The number of aliphatic hydroxyl groups is 1. The van der Waals surface area contributed by atoms with Crippen molar-refractivity contribution in [2.45, 2.75) is 56.8 Å². The SMILES string of the molecule is COc1ccc(CCOC2(N3CC[C@@H](O)C3)CCCCC2)cc1OC. The van der Waals surface area contributed by atoms with E-state index in [9.17, 15) is 5.11 Å². The van der Waals surface area contributed by atoms with E-state index in [0.29, 0.717) is 6.61 Å². The number of hydrogen-bond acceptors (Lipinski definition) is 5. The van der Waals surface area contributed by atoms with Crippen molar-refractivity contribution in [3.8, 4) is 11.5 Å². The molecule has 0 bridgehead atoms. The Balaban J connectivity index is 1.62. The zero-order valence-corrected chi connectivity index (χ0v) is 15.5. The van der Waals surface area contributed by atoms with E-state index < -0.39 is 0 Å². The molecule has 2 aliphatic rings. The lowest BCUT2D eigenvalue weighted by Gasteiger charge is -2.44. The van der Waals surface area contributed by atoms with Crippen LogP contribution >= 0.6 is 0 Å². The molecule has 1 aromatic carbocycles. The number of rotatable bonds is 7. The molecule has 140 valence electrons. The number of benzene rings is 1. The quantitative estimate of drug-likeness (QED) is 0.820. The van der Waals surface area contributed by atoms with Crippen molar-refractivity contribution >= 4 is 0 Å². The minimum atomic E-state index is -0.201. The summed E-state index contributed by atoms with van der Waals surface area (Å²) < 4.78 is 17.2. The molecule has 0 amide bonds. The van der Waals surface area contributed by atoms with Crippen LogP contribution in [0.3, 0.4) is 0 Å². The monoisotopic (exact) mass is 349 g/mol. The third-order valence-electron chi connectivity index (χ3n) is 5.58. The standard InChI is InChI=1S/C20H31NO4/c1-23-18-7-6-16(14-19(18)24-2)9-13-25-20(10-4-3-5-11-20)21-12-8-17(22)15-21/h6-7,14,17,22H,3-5,8-13,15H2,1-2H3/t17-/m1/s1. The first kappa shape index (κ1) is 18.5. The highest BCUT2D eigenvalue weighted by molar-refractivity contribution is 5.42. The largest absolute Gasteiger partial charge is 0.493 e. The molecule has 5 heteroatoms. The molecule has 2 fully saturated rings. The summed E-state index contributed by atoms with van der Waals surface area (Å²) in [5.41, 5.74) is 1.01. The Kier molecular flexibility index (Phi) is 6.20. The van der Waals surface area contributed by atoms with Gasteiger partial charge in [-0.1, -0.05) is 12.5 Å². The van der Waals surface area contributed by atoms with Crippen molar-refractivity contribution in [3.05, 3.63) is 23.8 Å². The Bertz CT molecular complexity index is 557. The molecular weight excluding hydrogens is 318 g/mol. The number of β-amino-alcohol motifs (C(OH)–C–C–N with tert-alkyl or cyclic N) is 1. The molecule has 1 aliphatic carbocycles. The van der Waals surface area contributed by atoms with Crippen LogP contribution in [0.25, 0.3) is 0 Å². The molecule has 1 N–H and O–H groups in total. The first-order valence-electron chi connectivity index (χ1n) is 9.45. The Labute approximate surface area is 150 Å². The summed E-state index contributed by atoms with van der Waals surface area (Å²) in [6.45, 7) is 2.37. The van der Waals surface area contributed by atoms with Gasteiger partial charge in [0.1, 0.15) is 5.72 Å². The molecule has 1 heterocycles. The zero-order valence-electron chi connectivity index (χ0n) is 15.5. The van der Waals surface area contributed by atoms with Crippen LogP contribution < -0.4 is 9.47 Å². The summed E-state index contributed by atoms with van der Waals surface area (Å²) in [5, 5.41) is 9.93. The summed E-state index contributed by atoms with van der Waals surface area (Å²) in [6.07, 6.45) is 7.37. The Morgan fingerprint density at radius 2 is 1.88 bits per heavy atom. The fourth-order valence-corrected chi connectivity index (χ4v) is 4.16. The maximum Gasteiger partial charge on any atom is 0.160 e. The van der Waals surface area contributed by atoms with Gasteiger partial charge < -0.3 is 19.3 Å². The first-order chi connectivity index (χ1) is 12.2. The second kappa shape index (κ2) is 8.39. The zero-order chi connectivity index (χ0) is 17.7. The number of nitrogens with zero attached hydrogens (tertiary/aromatic N) is 1. The highest BCUT2D eigenvalue weighted by Crippen LogP contribution is 2.37. The second-order valence-electron chi connectivity index (χ2n) is 7.18. The van der Waals surface area contributed by atoms with Gasteiger partial charge in [-0.2, -0.15) is 0 Å². The lowest BCUT2D eigenvalue weighted by atomic mass is 9.90. The first-order valence-corrected chi connectivity index (χ1v) is 9.45. The van der Waals surface area contributed by atoms with E-state index in [0.717, 1.165) is 50.3 Å². The third-order valence-corrected chi connectivity index (χ3v) is 5.58. The summed E-state index contributed by atoms with van der Waals surface area (Å²) in [4.78, 5) is 2.38. The fraction of sp³-hybridized carbons (Fsp3) is 0.700. The molecule has 0 radical (unpaired) electrons. The van der Waals surface area contributed by atoms with Crippen LogP contribution in [0.15, 0.2) is 18.2 Å². The summed E-state index contributed by atoms with van der Waals surface area (Å²) >= 11 is 0. The topological polar surface area (TPSA) is 51.2 Å². The van der Waals surface area contributed by atoms with Crippen LogP contribution in [0.2, 0.25) is 0 Å². The van der Waals surface area contributed by atoms with E-state index in [1.165, 1.54) is 24.8 Å². The van der Waals surface area contributed by atoms with Crippen LogP contribution in [0.4, 0.5) is 0 Å². The summed E-state index contributed by atoms with van der Waals surface area (Å²) in [6, 6.07) is 6.04. The number of hydrogen-bond donors (Lipinski definition) is 1. The molecule has 1 atom stereocenters. The third kappa shape index (κ3) is 4.27. The van der Waals surface area contributed by atoms with Gasteiger partial charge in [-0.15, -0.1) is 0 Å². The van der Waals surface area contributed by atoms with Crippen molar-refractivity contribution in [2.24, 2.45) is 0 Å². The predicted octanol–water partition coefficient (Wildman–Crippen LogP) is 2.99. The predicted molar refractivity (Wildman–Crippen MR) is 97.2 cm³/mol. The lowest BCUT2D eigenvalue weighted by Crippen LogP contribution is -2.51. The number of methoxy groups -OCH3 is 2. The van der Waals surface area contributed by atoms with Crippen LogP contribution in [0.1, 0.15) is 44.1 Å². The van der Waals surface area contributed by atoms with Crippen LogP contribution in [-0.2, 0) is 11.2 Å². The Morgan fingerprint density at radius 1 is 1.12 bits per heavy atom. The van der Waals surface area contributed by atoms with Gasteiger partial charge in [0.2, 0.25) is 0 Å². The van der Waals surface area contributed by atoms with E-state index in [1.807, 2.05) is 12.1 Å². The van der Waals surface area contributed by atoms with Gasteiger partial charge >= 0.3 is 0 Å². The van der Waals surface area contributed by atoms with Gasteiger partial charge in [0.05, 0.1) is 26.9 Å². The molecular formula is C20H31NO4. The molecule has 0 unspecified atom stereocenters. The van der Waals surface area contributed by atoms with E-state index in [2.05, 4.69) is 11.0 Å². The van der Waals surface area contributed by atoms with Crippen LogP contribution in [0.5, 0.6) is 11.5 Å². The second-order valence-corrected chi connectivity index (χ2v) is 7.18. The highest BCUT2D eigenvalue weighted by Gasteiger charge is 2.41. The molecule has 0 aromatic heterocycles. The molecule has 1 saturated carbocycles. The van der Waals surface area contributed by atoms with Gasteiger partial charge in [-0.25, -0.2) is 0 Å². The molecule has 25 heavy (non-hydrogen) atoms. The van der Waals surface area contributed by atoms with Crippen molar-refractivity contribution in [1.82, 2.24) is 4.90 Å². The smallest absolute Gasteiger partial charge is 0.160 e. The average Bonchev–Trinajstić information content (AvgIpc) is 3.09. The van der Waals surface area contributed by atoms with Crippen molar-refractivity contribution < 1.29 is 19.3 Å². The van der Waals surface area contributed by atoms with E-state index >= 15 is 0 Å². The minimum Gasteiger partial charge on any atom is -0.493 e. The average molecular weight is 349 g/mol. The van der Waals surface area contributed by atoms with Crippen molar-refractivity contribution in [3.63, 3.8) is 0 Å². The molecule has 1 aromatic rings. The van der Waals surface area contributed by atoms with E-state index in [1.54, 1.807) is 14.2 Å². The van der Waals surface area contributed by atoms with Crippen molar-refractivity contribution in [1.29, 1.82) is 0 Å².